The maximum Gasteiger partial charge on any atom is 0.322 e. The Kier molecular flexibility index (Phi) is 5.48. The van der Waals surface area contributed by atoms with E-state index >= 15 is 0 Å². The zero-order valence-electron chi connectivity index (χ0n) is 14.4. The Morgan fingerprint density at radius 2 is 2.00 bits per heavy atom. The van der Waals surface area contributed by atoms with Crippen molar-refractivity contribution < 1.29 is 9.32 Å². The lowest BCUT2D eigenvalue weighted by Crippen LogP contribution is -2.34. The first-order valence-corrected chi connectivity index (χ1v) is 8.50. The van der Waals surface area contributed by atoms with Crippen LogP contribution in [0.3, 0.4) is 0 Å². The molecule has 2 amide bonds. The summed E-state index contributed by atoms with van der Waals surface area (Å²) in [5, 5.41) is 7.24. The van der Waals surface area contributed by atoms with Gasteiger partial charge in [0.1, 0.15) is 5.69 Å². The van der Waals surface area contributed by atoms with Crippen molar-refractivity contribution in [1.82, 2.24) is 20.0 Å². The molecule has 0 unspecified atom stereocenters. The highest BCUT2D eigenvalue weighted by atomic mass is 35.5. The van der Waals surface area contributed by atoms with Gasteiger partial charge in [0.05, 0.1) is 11.9 Å². The lowest BCUT2D eigenvalue weighted by Gasteiger charge is -2.21. The van der Waals surface area contributed by atoms with Crippen molar-refractivity contribution in [1.29, 1.82) is 0 Å². The maximum absolute atomic E-state index is 12.5. The summed E-state index contributed by atoms with van der Waals surface area (Å²) in [6.45, 7) is 4.73. The van der Waals surface area contributed by atoms with Crippen LogP contribution in [0, 0.1) is 6.92 Å². The smallest absolute Gasteiger partial charge is 0.322 e. The quantitative estimate of drug-likeness (QED) is 0.728. The van der Waals surface area contributed by atoms with Gasteiger partial charge in [0.2, 0.25) is 0 Å². The highest BCUT2D eigenvalue weighted by Gasteiger charge is 2.13. The number of pyridine rings is 1. The number of amides is 2. The number of urea groups is 1. The first-order chi connectivity index (χ1) is 12.5. The molecule has 0 atom stereocenters. The van der Waals surface area contributed by atoms with Gasteiger partial charge in [0.25, 0.3) is 5.89 Å². The van der Waals surface area contributed by atoms with Crippen LogP contribution in [0.1, 0.15) is 18.3 Å². The molecule has 7 nitrogen and oxygen atoms in total. The van der Waals surface area contributed by atoms with Gasteiger partial charge in [-0.3, -0.25) is 0 Å². The third-order valence-corrected chi connectivity index (χ3v) is 3.97. The molecule has 0 aliphatic rings. The van der Waals surface area contributed by atoms with Gasteiger partial charge in [-0.15, -0.1) is 0 Å². The van der Waals surface area contributed by atoms with E-state index < -0.39 is 0 Å². The van der Waals surface area contributed by atoms with E-state index in [9.17, 15) is 4.79 Å². The predicted octanol–water partition coefficient (Wildman–Crippen LogP) is 4.15. The number of benzene rings is 1. The number of halogens is 1. The van der Waals surface area contributed by atoms with Gasteiger partial charge in [-0.2, -0.15) is 4.98 Å². The second-order valence-electron chi connectivity index (χ2n) is 5.65. The first-order valence-electron chi connectivity index (χ1n) is 8.12. The highest BCUT2D eigenvalue weighted by Crippen LogP contribution is 2.17. The van der Waals surface area contributed by atoms with Crippen LogP contribution in [0.25, 0.3) is 11.6 Å². The molecule has 2 aromatic heterocycles. The van der Waals surface area contributed by atoms with Crippen molar-refractivity contribution in [3.63, 3.8) is 0 Å². The molecule has 3 aromatic rings. The average Bonchev–Trinajstić information content (AvgIpc) is 3.08. The van der Waals surface area contributed by atoms with Crippen LogP contribution < -0.4 is 5.32 Å². The normalized spacial score (nSPS) is 10.6. The largest absolute Gasteiger partial charge is 0.332 e. The van der Waals surface area contributed by atoms with Gasteiger partial charge < -0.3 is 14.7 Å². The molecule has 0 radical (unpaired) electrons. The lowest BCUT2D eigenvalue weighted by molar-refractivity contribution is 0.212. The van der Waals surface area contributed by atoms with Gasteiger partial charge >= 0.3 is 6.03 Å². The van der Waals surface area contributed by atoms with Crippen LogP contribution in [-0.4, -0.2) is 32.6 Å². The molecule has 0 fully saturated rings. The third kappa shape index (κ3) is 4.37. The average molecular weight is 372 g/mol. The Morgan fingerprint density at radius 3 is 2.58 bits per heavy atom. The second-order valence-corrected chi connectivity index (χ2v) is 6.09. The summed E-state index contributed by atoms with van der Waals surface area (Å²) >= 11 is 5.90. The van der Waals surface area contributed by atoms with Crippen molar-refractivity contribution in [3.05, 3.63) is 59.0 Å². The predicted molar refractivity (Wildman–Crippen MR) is 98.8 cm³/mol. The summed E-state index contributed by atoms with van der Waals surface area (Å²) in [6.07, 6.45) is 1.56. The number of carbonyl (C=O) groups is 1. The molecule has 3 rings (SSSR count). The minimum Gasteiger partial charge on any atom is -0.332 e. The summed E-state index contributed by atoms with van der Waals surface area (Å²) in [5.74, 6) is 0.887. The number of nitrogens with zero attached hydrogens (tertiary/aromatic N) is 4. The van der Waals surface area contributed by atoms with E-state index in [2.05, 4.69) is 20.4 Å². The Morgan fingerprint density at radius 1 is 1.23 bits per heavy atom. The molecule has 26 heavy (non-hydrogen) atoms. The Bertz CT molecular complexity index is 877. The van der Waals surface area contributed by atoms with E-state index in [4.69, 9.17) is 16.1 Å². The topological polar surface area (TPSA) is 84.2 Å². The summed E-state index contributed by atoms with van der Waals surface area (Å²) in [4.78, 5) is 22.6. The number of carbonyl (C=O) groups excluding carboxylic acids is 1. The van der Waals surface area contributed by atoms with E-state index in [0.717, 1.165) is 5.56 Å². The first kappa shape index (κ1) is 17.9. The van der Waals surface area contributed by atoms with Crippen molar-refractivity contribution in [2.75, 3.05) is 11.9 Å². The van der Waals surface area contributed by atoms with E-state index in [1.54, 1.807) is 30.2 Å². The molecule has 0 bridgehead atoms. The number of hydrogen-bond donors (Lipinski definition) is 1. The molecule has 1 N–H and O–H groups in total. The molecule has 2 heterocycles. The zero-order valence-corrected chi connectivity index (χ0v) is 15.2. The molecule has 0 aliphatic heterocycles. The molecule has 0 saturated carbocycles. The van der Waals surface area contributed by atoms with Crippen molar-refractivity contribution in [2.24, 2.45) is 0 Å². The number of aryl methyl sites for hydroxylation is 1. The molecule has 0 saturated heterocycles. The van der Waals surface area contributed by atoms with Crippen LogP contribution in [0.15, 0.2) is 47.1 Å². The fourth-order valence-electron chi connectivity index (χ4n) is 2.34. The molecule has 0 aliphatic carbocycles. The maximum atomic E-state index is 12.5. The number of aromatic nitrogens is 3. The molecular formula is C18H18ClN5O2. The molecular weight excluding hydrogens is 354 g/mol. The van der Waals surface area contributed by atoms with Crippen molar-refractivity contribution in [3.8, 4) is 11.6 Å². The Balaban J connectivity index is 1.64. The van der Waals surface area contributed by atoms with Crippen molar-refractivity contribution >= 4 is 23.3 Å². The SMILES string of the molecule is CCN(Cc1ccc(Cl)cc1)C(=O)Nc1ccc(-c2nc(C)no2)nc1. The van der Waals surface area contributed by atoms with Crippen molar-refractivity contribution in [2.45, 2.75) is 20.4 Å². The monoisotopic (exact) mass is 371 g/mol. The molecule has 134 valence electrons. The molecule has 1 aromatic carbocycles. The molecule has 0 spiro atoms. The standard InChI is InChI=1S/C18H18ClN5O2/c1-3-24(11-13-4-6-14(19)7-5-13)18(25)22-15-8-9-16(20-10-15)17-21-12(2)23-26-17/h4-10H,3,11H2,1-2H3,(H,22,25). The number of nitrogens with one attached hydrogen (secondary N) is 1. The van der Waals surface area contributed by atoms with Crippen LogP contribution in [0.2, 0.25) is 5.02 Å². The van der Waals surface area contributed by atoms with Crippen LogP contribution in [0.4, 0.5) is 10.5 Å². The van der Waals surface area contributed by atoms with Crippen LogP contribution >= 0.6 is 11.6 Å². The summed E-state index contributed by atoms with van der Waals surface area (Å²) in [6, 6.07) is 10.7. The fraction of sp³-hybridized carbons (Fsp3) is 0.222. The van der Waals surface area contributed by atoms with Gasteiger partial charge in [-0.25, -0.2) is 9.78 Å². The van der Waals surface area contributed by atoms with Gasteiger partial charge in [0.15, 0.2) is 5.82 Å². The Labute approximate surface area is 156 Å². The second kappa shape index (κ2) is 7.97. The number of hydrogen-bond acceptors (Lipinski definition) is 5. The summed E-state index contributed by atoms with van der Waals surface area (Å²) in [7, 11) is 0. The van der Waals surface area contributed by atoms with Gasteiger partial charge in [-0.05, 0) is 43.7 Å². The summed E-state index contributed by atoms with van der Waals surface area (Å²) in [5.41, 5.74) is 2.15. The minimum absolute atomic E-state index is 0.203. The highest BCUT2D eigenvalue weighted by molar-refractivity contribution is 6.30. The van der Waals surface area contributed by atoms with Crippen LogP contribution in [-0.2, 0) is 6.54 Å². The summed E-state index contributed by atoms with van der Waals surface area (Å²) < 4.78 is 5.07. The lowest BCUT2D eigenvalue weighted by atomic mass is 10.2. The van der Waals surface area contributed by atoms with E-state index in [-0.39, 0.29) is 6.03 Å². The fourth-order valence-corrected chi connectivity index (χ4v) is 2.46. The molecule has 8 heteroatoms. The van der Waals surface area contributed by atoms with Gasteiger partial charge in [0, 0.05) is 18.1 Å². The Hall–Kier alpha value is -2.93. The van der Waals surface area contributed by atoms with E-state index in [1.807, 2.05) is 31.2 Å². The third-order valence-electron chi connectivity index (χ3n) is 3.72. The number of anilines is 1. The van der Waals surface area contributed by atoms with E-state index in [0.29, 0.717) is 41.2 Å². The number of rotatable bonds is 5. The van der Waals surface area contributed by atoms with E-state index in [1.165, 1.54) is 0 Å². The van der Waals surface area contributed by atoms with Crippen LogP contribution in [0.5, 0.6) is 0 Å². The minimum atomic E-state index is -0.203. The zero-order chi connectivity index (χ0) is 18.5. The van der Waals surface area contributed by atoms with Gasteiger partial charge in [-0.1, -0.05) is 28.9 Å².